The minimum Gasteiger partial charge on any atom is -0.370 e. The summed E-state index contributed by atoms with van der Waals surface area (Å²) in [6.07, 6.45) is 10.1. The quantitative estimate of drug-likeness (QED) is 0.907. The third-order valence-electron chi connectivity index (χ3n) is 4.82. The third kappa shape index (κ3) is 2.67. The molecule has 104 valence electrons. The lowest BCUT2D eigenvalue weighted by Gasteiger charge is -2.39. The average Bonchev–Trinajstić information content (AvgIpc) is 2.89. The molecule has 2 aliphatic rings. The van der Waals surface area contributed by atoms with Gasteiger partial charge < -0.3 is 10.2 Å². The van der Waals surface area contributed by atoms with Crippen LogP contribution in [0.2, 0.25) is 0 Å². The molecule has 4 heteroatoms. The van der Waals surface area contributed by atoms with Gasteiger partial charge in [0.15, 0.2) is 0 Å². The van der Waals surface area contributed by atoms with E-state index >= 15 is 0 Å². The van der Waals surface area contributed by atoms with Gasteiger partial charge in [0.2, 0.25) is 0 Å². The molecule has 1 aromatic heterocycles. The molecule has 3 rings (SSSR count). The first-order valence-electron chi connectivity index (χ1n) is 7.62. The molecule has 0 unspecified atom stereocenters. The molecule has 1 aliphatic heterocycles. The smallest absolute Gasteiger partial charge is 0.134 e. The van der Waals surface area contributed by atoms with E-state index in [2.05, 4.69) is 33.2 Å². The molecule has 1 saturated heterocycles. The van der Waals surface area contributed by atoms with Crippen LogP contribution in [0.1, 0.15) is 45.4 Å². The third-order valence-corrected chi connectivity index (χ3v) is 4.82. The molecular weight excluding hydrogens is 236 g/mol. The predicted octanol–water partition coefficient (Wildman–Crippen LogP) is 3.07. The van der Waals surface area contributed by atoms with Gasteiger partial charge in [-0.2, -0.15) is 0 Å². The topological polar surface area (TPSA) is 41.0 Å². The highest BCUT2D eigenvalue weighted by Crippen LogP contribution is 2.46. The number of hydrogen-bond donors (Lipinski definition) is 1. The number of aromatic nitrogens is 2. The van der Waals surface area contributed by atoms with E-state index in [0.717, 1.165) is 31.3 Å². The average molecular weight is 260 g/mol. The van der Waals surface area contributed by atoms with Crippen LogP contribution in [-0.4, -0.2) is 29.6 Å². The number of rotatable bonds is 3. The van der Waals surface area contributed by atoms with Crippen molar-refractivity contribution in [1.29, 1.82) is 0 Å². The summed E-state index contributed by atoms with van der Waals surface area (Å²) < 4.78 is 0. The summed E-state index contributed by atoms with van der Waals surface area (Å²) in [6.45, 7) is 5.30. The van der Waals surface area contributed by atoms with Gasteiger partial charge >= 0.3 is 0 Å². The van der Waals surface area contributed by atoms with Crippen molar-refractivity contribution in [2.45, 2.75) is 45.4 Å². The molecule has 1 saturated carbocycles. The Balaban J connectivity index is 1.66. The van der Waals surface area contributed by atoms with Crippen molar-refractivity contribution in [2.24, 2.45) is 5.41 Å². The Morgan fingerprint density at radius 3 is 2.58 bits per heavy atom. The fourth-order valence-corrected chi connectivity index (χ4v) is 3.63. The fraction of sp³-hybridized carbons (Fsp3) is 0.733. The largest absolute Gasteiger partial charge is 0.370 e. The summed E-state index contributed by atoms with van der Waals surface area (Å²) in [5, 5.41) is 3.26. The van der Waals surface area contributed by atoms with Crippen LogP contribution in [0, 0.1) is 5.41 Å². The van der Waals surface area contributed by atoms with E-state index in [1.54, 1.807) is 6.33 Å². The standard InChI is InChI=1S/C15H24N4/c1-2-16-13-11-14(18-12-17-13)19-9-7-15(8-10-19)5-3-4-6-15/h11-12H,2-10H2,1H3,(H,16,17,18). The van der Waals surface area contributed by atoms with Crippen molar-refractivity contribution in [3.8, 4) is 0 Å². The lowest BCUT2D eigenvalue weighted by molar-refractivity contribution is 0.226. The minimum atomic E-state index is 0.675. The normalized spacial score (nSPS) is 21.8. The maximum absolute atomic E-state index is 4.44. The van der Waals surface area contributed by atoms with Crippen LogP contribution in [0.5, 0.6) is 0 Å². The summed E-state index contributed by atoms with van der Waals surface area (Å²) in [5.41, 5.74) is 0.675. The molecule has 1 aromatic rings. The Kier molecular flexibility index (Phi) is 3.58. The summed E-state index contributed by atoms with van der Waals surface area (Å²) in [4.78, 5) is 11.1. The van der Waals surface area contributed by atoms with E-state index in [9.17, 15) is 0 Å². The van der Waals surface area contributed by atoms with Gasteiger partial charge in [-0.1, -0.05) is 12.8 Å². The molecule has 2 heterocycles. The lowest BCUT2D eigenvalue weighted by Crippen LogP contribution is -2.39. The SMILES string of the molecule is CCNc1cc(N2CCC3(CCCC3)CC2)ncn1. The number of anilines is 2. The van der Waals surface area contributed by atoms with Gasteiger partial charge in [0, 0.05) is 25.7 Å². The van der Waals surface area contributed by atoms with Gasteiger partial charge in [-0.05, 0) is 38.0 Å². The molecule has 1 N–H and O–H groups in total. The van der Waals surface area contributed by atoms with Crippen molar-refractivity contribution in [3.63, 3.8) is 0 Å². The second kappa shape index (κ2) is 5.35. The highest BCUT2D eigenvalue weighted by atomic mass is 15.2. The van der Waals surface area contributed by atoms with Crippen LogP contribution in [0.3, 0.4) is 0 Å². The highest BCUT2D eigenvalue weighted by Gasteiger charge is 2.37. The zero-order valence-electron chi connectivity index (χ0n) is 11.9. The molecule has 0 radical (unpaired) electrons. The van der Waals surface area contributed by atoms with E-state index in [4.69, 9.17) is 0 Å². The van der Waals surface area contributed by atoms with Crippen LogP contribution >= 0.6 is 0 Å². The summed E-state index contributed by atoms with van der Waals surface area (Å²) in [6, 6.07) is 2.08. The Morgan fingerprint density at radius 1 is 1.16 bits per heavy atom. The maximum Gasteiger partial charge on any atom is 0.134 e. The second-order valence-corrected chi connectivity index (χ2v) is 5.99. The number of nitrogens with one attached hydrogen (secondary N) is 1. The molecule has 4 nitrogen and oxygen atoms in total. The monoisotopic (exact) mass is 260 g/mol. The molecule has 1 aliphatic carbocycles. The fourth-order valence-electron chi connectivity index (χ4n) is 3.63. The Labute approximate surface area is 115 Å². The van der Waals surface area contributed by atoms with Gasteiger partial charge in [-0.3, -0.25) is 0 Å². The van der Waals surface area contributed by atoms with E-state index in [0.29, 0.717) is 5.41 Å². The van der Waals surface area contributed by atoms with E-state index in [1.807, 2.05) is 0 Å². The zero-order chi connectivity index (χ0) is 13.1. The second-order valence-electron chi connectivity index (χ2n) is 5.99. The number of piperidine rings is 1. The molecule has 0 aromatic carbocycles. The first-order chi connectivity index (χ1) is 9.31. The van der Waals surface area contributed by atoms with Crippen molar-refractivity contribution >= 4 is 11.6 Å². The van der Waals surface area contributed by atoms with E-state index in [1.165, 1.54) is 38.5 Å². The van der Waals surface area contributed by atoms with Crippen LogP contribution < -0.4 is 10.2 Å². The van der Waals surface area contributed by atoms with Gasteiger partial charge in [0.25, 0.3) is 0 Å². The summed E-state index contributed by atoms with van der Waals surface area (Å²) in [5.74, 6) is 2.02. The maximum atomic E-state index is 4.44. The van der Waals surface area contributed by atoms with Crippen LogP contribution in [0.25, 0.3) is 0 Å². The molecule has 0 atom stereocenters. The van der Waals surface area contributed by atoms with Gasteiger partial charge in [0.1, 0.15) is 18.0 Å². The molecule has 2 fully saturated rings. The molecule has 0 amide bonds. The number of hydrogen-bond acceptors (Lipinski definition) is 4. The van der Waals surface area contributed by atoms with Crippen LogP contribution in [0.15, 0.2) is 12.4 Å². The lowest BCUT2D eigenvalue weighted by atomic mass is 9.77. The zero-order valence-corrected chi connectivity index (χ0v) is 11.9. The first-order valence-corrected chi connectivity index (χ1v) is 7.62. The molecule has 0 bridgehead atoms. The summed E-state index contributed by atoms with van der Waals surface area (Å²) in [7, 11) is 0. The highest BCUT2D eigenvalue weighted by molar-refractivity contribution is 5.48. The van der Waals surface area contributed by atoms with Crippen LogP contribution in [-0.2, 0) is 0 Å². The predicted molar refractivity (Wildman–Crippen MR) is 78.5 cm³/mol. The Hall–Kier alpha value is -1.32. The van der Waals surface area contributed by atoms with Gasteiger partial charge in [-0.25, -0.2) is 9.97 Å². The molecule has 19 heavy (non-hydrogen) atoms. The Morgan fingerprint density at radius 2 is 1.89 bits per heavy atom. The number of nitrogens with zero attached hydrogens (tertiary/aromatic N) is 3. The molecule has 1 spiro atoms. The van der Waals surface area contributed by atoms with E-state index in [-0.39, 0.29) is 0 Å². The van der Waals surface area contributed by atoms with Gasteiger partial charge in [0.05, 0.1) is 0 Å². The van der Waals surface area contributed by atoms with Crippen molar-refractivity contribution in [3.05, 3.63) is 12.4 Å². The van der Waals surface area contributed by atoms with E-state index < -0.39 is 0 Å². The summed E-state index contributed by atoms with van der Waals surface area (Å²) >= 11 is 0. The van der Waals surface area contributed by atoms with Crippen molar-refractivity contribution < 1.29 is 0 Å². The van der Waals surface area contributed by atoms with Crippen molar-refractivity contribution in [2.75, 3.05) is 29.9 Å². The van der Waals surface area contributed by atoms with Gasteiger partial charge in [-0.15, -0.1) is 0 Å². The Bertz CT molecular complexity index is 416. The minimum absolute atomic E-state index is 0.675. The van der Waals surface area contributed by atoms with Crippen molar-refractivity contribution in [1.82, 2.24) is 9.97 Å². The van der Waals surface area contributed by atoms with Crippen LogP contribution in [0.4, 0.5) is 11.6 Å². The first kappa shape index (κ1) is 12.7. The molecular formula is C15H24N4.